The van der Waals surface area contributed by atoms with Crippen molar-refractivity contribution in [3.05, 3.63) is 0 Å². The molecule has 5 heteroatoms. The Morgan fingerprint density at radius 1 is 1.32 bits per heavy atom. The lowest BCUT2D eigenvalue weighted by Gasteiger charge is -2.37. The molecule has 0 spiro atoms. The molecule has 0 saturated heterocycles. The number of nitrogens with one attached hydrogen (secondary N) is 1. The molecular weight excluding hydrogens is 244 g/mol. The van der Waals surface area contributed by atoms with Gasteiger partial charge in [0.2, 0.25) is 0 Å². The van der Waals surface area contributed by atoms with Crippen molar-refractivity contribution in [1.29, 1.82) is 0 Å². The molecule has 1 rings (SSSR count). The normalized spacial score (nSPS) is 23.8. The maximum Gasteiger partial charge on any atom is 0.317 e. The lowest BCUT2D eigenvalue weighted by atomic mass is 9.84. The van der Waals surface area contributed by atoms with Crippen LogP contribution >= 0.6 is 0 Å². The Labute approximate surface area is 115 Å². The van der Waals surface area contributed by atoms with Crippen molar-refractivity contribution >= 4 is 12.0 Å². The second-order valence-corrected chi connectivity index (χ2v) is 6.01. The van der Waals surface area contributed by atoms with Crippen molar-refractivity contribution in [3.8, 4) is 0 Å². The summed E-state index contributed by atoms with van der Waals surface area (Å²) >= 11 is 0. The van der Waals surface area contributed by atoms with Crippen LogP contribution < -0.4 is 5.32 Å². The minimum atomic E-state index is -0.803. The molecule has 110 valence electrons. The molecule has 0 aromatic carbocycles. The number of carbonyl (C=O) groups excluding carboxylic acids is 1. The lowest BCUT2D eigenvalue weighted by Crippen LogP contribution is -2.54. The number of amides is 2. The molecule has 1 aliphatic rings. The predicted molar refractivity (Wildman–Crippen MR) is 74.0 cm³/mol. The molecule has 5 nitrogen and oxygen atoms in total. The van der Waals surface area contributed by atoms with Crippen molar-refractivity contribution in [2.75, 3.05) is 7.05 Å². The van der Waals surface area contributed by atoms with Gasteiger partial charge in [0, 0.05) is 18.6 Å². The third-order valence-electron chi connectivity index (χ3n) is 4.47. The minimum Gasteiger partial charge on any atom is -0.481 e. The maximum absolute atomic E-state index is 12.2. The number of nitrogens with zero attached hydrogens (tertiary/aromatic N) is 1. The molecule has 0 bridgehead atoms. The largest absolute Gasteiger partial charge is 0.481 e. The van der Waals surface area contributed by atoms with Gasteiger partial charge in [-0.1, -0.05) is 19.8 Å². The van der Waals surface area contributed by atoms with Gasteiger partial charge in [0.15, 0.2) is 0 Å². The molecule has 0 radical (unpaired) electrons. The summed E-state index contributed by atoms with van der Waals surface area (Å²) in [6.07, 6.45) is 4.17. The third kappa shape index (κ3) is 3.85. The van der Waals surface area contributed by atoms with E-state index in [1.807, 2.05) is 20.8 Å². The number of aliphatic carboxylic acids is 1. The summed E-state index contributed by atoms with van der Waals surface area (Å²) in [6.45, 7) is 6.04. The minimum absolute atomic E-state index is 0.176. The second-order valence-electron chi connectivity index (χ2n) is 6.01. The van der Waals surface area contributed by atoms with Crippen molar-refractivity contribution in [2.24, 2.45) is 5.92 Å². The topological polar surface area (TPSA) is 69.6 Å². The highest BCUT2D eigenvalue weighted by atomic mass is 16.4. The maximum atomic E-state index is 12.2. The van der Waals surface area contributed by atoms with Crippen LogP contribution in [-0.4, -0.2) is 40.6 Å². The first-order valence-electron chi connectivity index (χ1n) is 7.06. The van der Waals surface area contributed by atoms with Crippen LogP contribution in [0.1, 0.15) is 52.9 Å². The first-order chi connectivity index (χ1) is 8.79. The molecule has 2 atom stereocenters. The molecule has 0 aliphatic heterocycles. The van der Waals surface area contributed by atoms with E-state index in [1.165, 1.54) is 0 Å². The smallest absolute Gasteiger partial charge is 0.317 e. The van der Waals surface area contributed by atoms with Crippen molar-refractivity contribution in [2.45, 2.75) is 64.5 Å². The van der Waals surface area contributed by atoms with Gasteiger partial charge >= 0.3 is 12.0 Å². The Balaban J connectivity index is 2.67. The van der Waals surface area contributed by atoms with E-state index in [9.17, 15) is 14.7 Å². The highest BCUT2D eigenvalue weighted by molar-refractivity contribution is 5.77. The van der Waals surface area contributed by atoms with Gasteiger partial charge in [0.1, 0.15) is 0 Å². The SMILES string of the molecule is CCC(C)(C)N(C)C(=O)NC1CCCCC1C(=O)O. The number of hydrogen-bond acceptors (Lipinski definition) is 2. The van der Waals surface area contributed by atoms with Gasteiger partial charge in [-0.3, -0.25) is 4.79 Å². The second kappa shape index (κ2) is 6.26. The molecular formula is C14H26N2O3. The Kier molecular flexibility index (Phi) is 5.20. The highest BCUT2D eigenvalue weighted by Crippen LogP contribution is 2.25. The van der Waals surface area contributed by atoms with Crippen LogP contribution in [0.4, 0.5) is 4.79 Å². The van der Waals surface area contributed by atoms with E-state index in [-0.39, 0.29) is 17.6 Å². The summed E-state index contributed by atoms with van der Waals surface area (Å²) in [4.78, 5) is 25.1. The van der Waals surface area contributed by atoms with Crippen LogP contribution in [0, 0.1) is 5.92 Å². The molecule has 0 heterocycles. The fourth-order valence-corrected chi connectivity index (χ4v) is 2.37. The van der Waals surface area contributed by atoms with Crippen LogP contribution in [0.5, 0.6) is 0 Å². The molecule has 1 saturated carbocycles. The van der Waals surface area contributed by atoms with Gasteiger partial charge in [-0.15, -0.1) is 0 Å². The van der Waals surface area contributed by atoms with Crippen LogP contribution in [0.15, 0.2) is 0 Å². The highest BCUT2D eigenvalue weighted by Gasteiger charge is 2.34. The summed E-state index contributed by atoms with van der Waals surface area (Å²) in [7, 11) is 1.76. The number of carbonyl (C=O) groups is 2. The van der Waals surface area contributed by atoms with Crippen molar-refractivity contribution in [3.63, 3.8) is 0 Å². The van der Waals surface area contributed by atoms with Gasteiger partial charge in [0.05, 0.1) is 5.92 Å². The van der Waals surface area contributed by atoms with E-state index in [2.05, 4.69) is 5.32 Å². The van der Waals surface area contributed by atoms with Crippen LogP contribution in [0.2, 0.25) is 0 Å². The van der Waals surface area contributed by atoms with Gasteiger partial charge < -0.3 is 15.3 Å². The first kappa shape index (κ1) is 15.8. The van der Waals surface area contributed by atoms with Gasteiger partial charge in [-0.2, -0.15) is 0 Å². The summed E-state index contributed by atoms with van der Waals surface area (Å²) in [6, 6.07) is -0.418. The van der Waals surface area contributed by atoms with Crippen molar-refractivity contribution < 1.29 is 14.7 Å². The third-order valence-corrected chi connectivity index (χ3v) is 4.47. The molecule has 19 heavy (non-hydrogen) atoms. The van der Waals surface area contributed by atoms with E-state index in [1.54, 1.807) is 11.9 Å². The van der Waals surface area contributed by atoms with Crippen LogP contribution in [-0.2, 0) is 4.79 Å². The summed E-state index contributed by atoms with van der Waals surface area (Å²) < 4.78 is 0. The van der Waals surface area contributed by atoms with Gasteiger partial charge in [0.25, 0.3) is 0 Å². The number of carboxylic acids is 1. The molecule has 2 amide bonds. The van der Waals surface area contributed by atoms with Crippen molar-refractivity contribution in [1.82, 2.24) is 10.2 Å². The van der Waals surface area contributed by atoms with E-state index in [0.717, 1.165) is 25.7 Å². The van der Waals surface area contributed by atoms with Crippen LogP contribution in [0.25, 0.3) is 0 Å². The van der Waals surface area contributed by atoms with E-state index in [0.29, 0.717) is 6.42 Å². The molecule has 1 aliphatic carbocycles. The van der Waals surface area contributed by atoms with E-state index >= 15 is 0 Å². The Morgan fingerprint density at radius 2 is 1.89 bits per heavy atom. The fraction of sp³-hybridized carbons (Fsp3) is 0.857. The standard InChI is InChI=1S/C14H26N2O3/c1-5-14(2,3)16(4)13(19)15-11-9-7-6-8-10(11)12(17)18/h10-11H,5-9H2,1-4H3,(H,15,19)(H,17,18). The summed E-state index contributed by atoms with van der Waals surface area (Å²) in [5.74, 6) is -1.25. The lowest BCUT2D eigenvalue weighted by molar-refractivity contribution is -0.143. The zero-order valence-corrected chi connectivity index (χ0v) is 12.4. The summed E-state index contributed by atoms with van der Waals surface area (Å²) in [5, 5.41) is 12.1. The molecule has 0 aromatic heterocycles. The van der Waals surface area contributed by atoms with Gasteiger partial charge in [-0.25, -0.2) is 4.79 Å². The zero-order chi connectivity index (χ0) is 14.6. The average Bonchev–Trinajstić information content (AvgIpc) is 2.38. The fourth-order valence-electron chi connectivity index (χ4n) is 2.37. The van der Waals surface area contributed by atoms with Gasteiger partial charge in [-0.05, 0) is 33.1 Å². The quantitative estimate of drug-likeness (QED) is 0.824. The molecule has 1 fully saturated rings. The van der Waals surface area contributed by atoms with Crippen LogP contribution in [0.3, 0.4) is 0 Å². The molecule has 2 unspecified atom stereocenters. The van der Waals surface area contributed by atoms with E-state index in [4.69, 9.17) is 0 Å². The predicted octanol–water partition coefficient (Wildman–Crippen LogP) is 2.46. The number of rotatable bonds is 4. The molecule has 0 aromatic rings. The number of hydrogen-bond donors (Lipinski definition) is 2. The Hall–Kier alpha value is -1.26. The molecule has 2 N–H and O–H groups in total. The number of carboxylic acid groups (broad SMARTS) is 1. The monoisotopic (exact) mass is 270 g/mol. The average molecular weight is 270 g/mol. The van der Waals surface area contributed by atoms with E-state index < -0.39 is 11.9 Å². The Bertz CT molecular complexity index is 342. The zero-order valence-electron chi connectivity index (χ0n) is 12.4. The Morgan fingerprint density at radius 3 is 2.42 bits per heavy atom. The first-order valence-corrected chi connectivity index (χ1v) is 7.06. The number of urea groups is 1. The summed E-state index contributed by atoms with van der Waals surface area (Å²) in [5.41, 5.74) is -0.225.